The summed E-state index contributed by atoms with van der Waals surface area (Å²) in [7, 11) is 3.23. The Morgan fingerprint density at radius 1 is 1.12 bits per heavy atom. The van der Waals surface area contributed by atoms with Gasteiger partial charge in [-0.25, -0.2) is 0 Å². The molecule has 0 aliphatic carbocycles. The fraction of sp³-hybridized carbons (Fsp3) is 0.370. The first-order valence-electron chi connectivity index (χ1n) is 11.4. The minimum atomic E-state index is -0.0576. The van der Waals surface area contributed by atoms with Crippen LogP contribution in [-0.4, -0.2) is 61.3 Å². The van der Waals surface area contributed by atoms with E-state index in [9.17, 15) is 4.79 Å². The van der Waals surface area contributed by atoms with Gasteiger partial charge in [0.1, 0.15) is 0 Å². The predicted molar refractivity (Wildman–Crippen MR) is 130 cm³/mol. The lowest BCUT2D eigenvalue weighted by molar-refractivity contribution is -0.122. The van der Waals surface area contributed by atoms with Gasteiger partial charge in [0, 0.05) is 37.6 Å². The first-order chi connectivity index (χ1) is 16.0. The summed E-state index contributed by atoms with van der Waals surface area (Å²) >= 11 is 0. The Kier molecular flexibility index (Phi) is 7.16. The Bertz CT molecular complexity index is 1060. The van der Waals surface area contributed by atoms with Crippen molar-refractivity contribution in [2.45, 2.75) is 19.8 Å². The number of amides is 1. The number of hydrogen-bond acceptors (Lipinski definition) is 5. The molecule has 1 unspecified atom stereocenters. The number of aliphatic hydroxyl groups is 1. The van der Waals surface area contributed by atoms with Gasteiger partial charge in [-0.05, 0) is 59.3 Å². The SMILES string of the molecule is COc1ccc(C2=CC(=O)N3C=C(C4=CCN(CCO)CC4)C=CC3=CCC2C)cc1OC. The van der Waals surface area contributed by atoms with E-state index in [-0.39, 0.29) is 18.4 Å². The van der Waals surface area contributed by atoms with E-state index in [1.165, 1.54) is 5.57 Å². The van der Waals surface area contributed by atoms with Crippen LogP contribution in [-0.2, 0) is 4.79 Å². The van der Waals surface area contributed by atoms with Gasteiger partial charge >= 0.3 is 0 Å². The van der Waals surface area contributed by atoms with Crippen molar-refractivity contribution in [3.8, 4) is 11.5 Å². The third kappa shape index (κ3) is 4.97. The number of hydrogen-bond donors (Lipinski definition) is 1. The predicted octanol–water partition coefficient (Wildman–Crippen LogP) is 3.92. The minimum absolute atomic E-state index is 0.0576. The smallest absolute Gasteiger partial charge is 0.255 e. The number of aliphatic hydroxyl groups excluding tert-OH is 1. The highest BCUT2D eigenvalue weighted by molar-refractivity contribution is 5.98. The molecule has 0 radical (unpaired) electrons. The second kappa shape index (κ2) is 10.2. The second-order valence-electron chi connectivity index (χ2n) is 8.56. The number of methoxy groups -OCH3 is 2. The molecule has 0 saturated carbocycles. The van der Waals surface area contributed by atoms with Gasteiger partial charge in [-0.3, -0.25) is 14.6 Å². The fourth-order valence-corrected chi connectivity index (χ4v) is 4.53. The van der Waals surface area contributed by atoms with Gasteiger partial charge < -0.3 is 14.6 Å². The minimum Gasteiger partial charge on any atom is -0.493 e. The number of carbonyl (C=O) groups excluding carboxylic acids is 1. The number of fused-ring (bicyclic) bond motifs is 1. The third-order valence-electron chi connectivity index (χ3n) is 6.51. The van der Waals surface area contributed by atoms with Gasteiger partial charge in [-0.1, -0.05) is 31.2 Å². The highest BCUT2D eigenvalue weighted by Crippen LogP contribution is 2.36. The van der Waals surface area contributed by atoms with Crippen LogP contribution in [0.5, 0.6) is 11.5 Å². The van der Waals surface area contributed by atoms with Crippen molar-refractivity contribution in [1.29, 1.82) is 0 Å². The average Bonchev–Trinajstić information content (AvgIpc) is 2.85. The maximum absolute atomic E-state index is 13.4. The van der Waals surface area contributed by atoms with E-state index in [4.69, 9.17) is 14.6 Å². The molecule has 6 heteroatoms. The van der Waals surface area contributed by atoms with Gasteiger partial charge in [0.15, 0.2) is 11.5 Å². The number of nitrogens with zero attached hydrogens (tertiary/aromatic N) is 2. The zero-order valence-corrected chi connectivity index (χ0v) is 19.6. The molecule has 1 aromatic rings. The molecule has 1 amide bonds. The van der Waals surface area contributed by atoms with Crippen LogP contribution in [0.1, 0.15) is 25.3 Å². The molecular weight excluding hydrogens is 416 g/mol. The van der Waals surface area contributed by atoms with Crippen LogP contribution in [0.25, 0.3) is 5.57 Å². The molecule has 0 aromatic heterocycles. The molecule has 1 N–H and O–H groups in total. The summed E-state index contributed by atoms with van der Waals surface area (Å²) in [4.78, 5) is 17.4. The number of benzene rings is 1. The van der Waals surface area contributed by atoms with Crippen LogP contribution in [0.15, 0.2) is 71.6 Å². The number of carbonyl (C=O) groups is 1. The molecule has 3 heterocycles. The summed E-state index contributed by atoms with van der Waals surface area (Å²) < 4.78 is 10.8. The average molecular weight is 449 g/mol. The molecule has 33 heavy (non-hydrogen) atoms. The van der Waals surface area contributed by atoms with Crippen molar-refractivity contribution < 1.29 is 19.4 Å². The van der Waals surface area contributed by atoms with Crippen molar-refractivity contribution in [2.24, 2.45) is 5.92 Å². The van der Waals surface area contributed by atoms with Crippen molar-refractivity contribution in [3.63, 3.8) is 0 Å². The summed E-state index contributed by atoms with van der Waals surface area (Å²) in [5.41, 5.74) is 5.17. The van der Waals surface area contributed by atoms with Crippen LogP contribution in [0.2, 0.25) is 0 Å². The molecule has 1 aromatic carbocycles. The number of β-amino-alcohol motifs (C(OH)–C–C–N with tert-alkyl or cyclic N) is 1. The Hall–Kier alpha value is -3.09. The Morgan fingerprint density at radius 2 is 1.94 bits per heavy atom. The fourth-order valence-electron chi connectivity index (χ4n) is 4.53. The van der Waals surface area contributed by atoms with E-state index in [1.807, 2.05) is 30.5 Å². The maximum Gasteiger partial charge on any atom is 0.255 e. The standard InChI is InChI=1S/C27H32N2O4/c1-19-4-7-23-8-5-22(20-10-12-28(13-11-20)14-15-30)18-29(23)27(31)17-24(19)21-6-9-25(32-2)26(16-21)33-3/h5-10,16-19,30H,4,11-15H2,1-3H3. The second-order valence-corrected chi connectivity index (χ2v) is 8.56. The Labute approximate surface area is 195 Å². The zero-order valence-electron chi connectivity index (χ0n) is 19.6. The summed E-state index contributed by atoms with van der Waals surface area (Å²) in [6.45, 7) is 4.74. The van der Waals surface area contributed by atoms with Crippen molar-refractivity contribution >= 4 is 11.5 Å². The molecule has 3 aliphatic heterocycles. The van der Waals surface area contributed by atoms with Crippen molar-refractivity contribution in [3.05, 3.63) is 77.2 Å². The largest absolute Gasteiger partial charge is 0.493 e. The number of rotatable bonds is 6. The van der Waals surface area contributed by atoms with Gasteiger partial charge in [0.25, 0.3) is 5.91 Å². The van der Waals surface area contributed by atoms with Gasteiger partial charge in [0.2, 0.25) is 0 Å². The number of allylic oxidation sites excluding steroid dienone is 5. The van der Waals surface area contributed by atoms with E-state index >= 15 is 0 Å². The van der Waals surface area contributed by atoms with Crippen molar-refractivity contribution in [2.75, 3.05) is 40.5 Å². The molecule has 0 bridgehead atoms. The highest BCUT2D eigenvalue weighted by atomic mass is 16.5. The van der Waals surface area contributed by atoms with Gasteiger partial charge in [0.05, 0.1) is 20.8 Å². The summed E-state index contributed by atoms with van der Waals surface area (Å²) in [5.74, 6) is 1.44. The van der Waals surface area contributed by atoms with E-state index in [2.05, 4.69) is 30.1 Å². The lowest BCUT2D eigenvalue weighted by Crippen LogP contribution is -2.32. The first kappa shape index (κ1) is 23.1. The first-order valence-corrected chi connectivity index (χ1v) is 11.4. The third-order valence-corrected chi connectivity index (χ3v) is 6.51. The van der Waals surface area contributed by atoms with Gasteiger partial charge in [-0.2, -0.15) is 0 Å². The molecule has 0 fully saturated rings. The van der Waals surface area contributed by atoms with E-state index in [0.717, 1.165) is 48.3 Å². The molecular formula is C27H32N2O4. The van der Waals surface area contributed by atoms with Crippen LogP contribution < -0.4 is 9.47 Å². The zero-order chi connectivity index (χ0) is 23.4. The number of ether oxygens (including phenoxy) is 2. The van der Waals surface area contributed by atoms with Crippen LogP contribution in [0, 0.1) is 5.92 Å². The molecule has 4 rings (SSSR count). The molecule has 3 aliphatic rings. The lowest BCUT2D eigenvalue weighted by atomic mass is 9.88. The molecule has 174 valence electrons. The van der Waals surface area contributed by atoms with Crippen LogP contribution >= 0.6 is 0 Å². The lowest BCUT2D eigenvalue weighted by Gasteiger charge is -2.30. The monoisotopic (exact) mass is 448 g/mol. The Balaban J connectivity index is 1.62. The normalized spacial score (nSPS) is 21.3. The maximum atomic E-state index is 13.4. The van der Waals surface area contributed by atoms with E-state index in [1.54, 1.807) is 25.2 Å². The molecule has 0 saturated heterocycles. The molecule has 0 spiro atoms. The molecule has 6 nitrogen and oxygen atoms in total. The van der Waals surface area contributed by atoms with Crippen LogP contribution in [0.4, 0.5) is 0 Å². The summed E-state index contributed by atoms with van der Waals surface area (Å²) in [6, 6.07) is 5.79. The summed E-state index contributed by atoms with van der Waals surface area (Å²) in [6.07, 6.45) is 13.9. The molecule has 1 atom stereocenters. The van der Waals surface area contributed by atoms with Crippen LogP contribution in [0.3, 0.4) is 0 Å². The highest BCUT2D eigenvalue weighted by Gasteiger charge is 2.24. The topological polar surface area (TPSA) is 62.2 Å². The van der Waals surface area contributed by atoms with Crippen molar-refractivity contribution in [1.82, 2.24) is 9.80 Å². The van der Waals surface area contributed by atoms with E-state index < -0.39 is 0 Å². The Morgan fingerprint density at radius 3 is 2.64 bits per heavy atom. The summed E-state index contributed by atoms with van der Waals surface area (Å²) in [5, 5.41) is 9.17. The van der Waals surface area contributed by atoms with Gasteiger partial charge in [-0.15, -0.1) is 0 Å². The van der Waals surface area contributed by atoms with E-state index in [0.29, 0.717) is 18.0 Å². The quantitative estimate of drug-likeness (QED) is 0.715.